The van der Waals surface area contributed by atoms with Crippen molar-refractivity contribution in [3.8, 4) is 33.7 Å². The van der Waals surface area contributed by atoms with E-state index < -0.39 is 0 Å². The molecule has 0 unspecified atom stereocenters. The smallest absolute Gasteiger partial charge is 0.161 e. The number of hydrogen-bond acceptors (Lipinski definition) is 2. The molecule has 2 heteroatoms. The summed E-state index contributed by atoms with van der Waals surface area (Å²) in [6.07, 6.45) is 1.89. The van der Waals surface area contributed by atoms with E-state index in [2.05, 4.69) is 134 Å². The first-order valence-corrected chi connectivity index (χ1v) is 15.8. The average Bonchev–Trinajstić information content (AvgIpc) is 3.44. The van der Waals surface area contributed by atoms with E-state index in [9.17, 15) is 0 Å². The fourth-order valence-corrected chi connectivity index (χ4v) is 6.36. The third-order valence-corrected chi connectivity index (χ3v) is 8.81. The molecule has 0 N–H and O–H groups in total. The molecule has 0 aliphatic heterocycles. The van der Waals surface area contributed by atoms with Crippen LogP contribution in [-0.4, -0.2) is 4.98 Å². The largest absolute Gasteiger partial charge is 0.454 e. The SMILES string of the molecule is CC(C)c1cc(C(C)C)c(-c2ccc(-c3cc4ccnc(-c5cc(C(C)C)c6ccccc6c5)c4o3)cc2)c(C(C)C)c1. The second-order valence-electron chi connectivity index (χ2n) is 13.2. The summed E-state index contributed by atoms with van der Waals surface area (Å²) in [6.45, 7) is 18.3. The second kappa shape index (κ2) is 11.5. The van der Waals surface area contributed by atoms with Crippen molar-refractivity contribution >= 4 is 21.7 Å². The number of furan rings is 1. The van der Waals surface area contributed by atoms with E-state index in [1.165, 1.54) is 44.2 Å². The predicted molar refractivity (Wildman–Crippen MR) is 184 cm³/mol. The topological polar surface area (TPSA) is 26.0 Å². The van der Waals surface area contributed by atoms with E-state index in [1.54, 1.807) is 0 Å². The van der Waals surface area contributed by atoms with Crippen molar-refractivity contribution in [2.45, 2.75) is 79.1 Å². The maximum Gasteiger partial charge on any atom is 0.161 e. The first-order valence-electron chi connectivity index (χ1n) is 15.8. The van der Waals surface area contributed by atoms with Gasteiger partial charge in [0.25, 0.3) is 0 Å². The Bertz CT molecular complexity index is 1890. The van der Waals surface area contributed by atoms with E-state index in [4.69, 9.17) is 9.40 Å². The second-order valence-corrected chi connectivity index (χ2v) is 13.2. The molecule has 0 spiro atoms. The third-order valence-electron chi connectivity index (χ3n) is 8.81. The standard InChI is InChI=1S/C41H43NO/c1-24(2)32-20-36(26(5)6)39(37(21-32)27(7)8)29-15-13-28(14-16-29)38-23-31-17-18-42-40(41(31)43-38)33-19-30-11-9-10-12-34(30)35(22-33)25(3)4/h9-27H,1-8H3. The van der Waals surface area contributed by atoms with Crippen LogP contribution in [0.2, 0.25) is 0 Å². The van der Waals surface area contributed by atoms with Crippen molar-refractivity contribution in [2.75, 3.05) is 0 Å². The van der Waals surface area contributed by atoms with Crippen molar-refractivity contribution in [2.24, 2.45) is 0 Å². The quantitative estimate of drug-likeness (QED) is 0.192. The van der Waals surface area contributed by atoms with Crippen LogP contribution < -0.4 is 0 Å². The van der Waals surface area contributed by atoms with E-state index >= 15 is 0 Å². The lowest BCUT2D eigenvalue weighted by atomic mass is 9.81. The molecule has 2 aromatic heterocycles. The highest BCUT2D eigenvalue weighted by molar-refractivity contribution is 5.97. The fraction of sp³-hybridized carbons (Fsp3) is 0.293. The van der Waals surface area contributed by atoms with Gasteiger partial charge >= 0.3 is 0 Å². The van der Waals surface area contributed by atoms with Crippen LogP contribution in [-0.2, 0) is 0 Å². The number of aromatic nitrogens is 1. The lowest BCUT2D eigenvalue weighted by molar-refractivity contribution is 0.631. The van der Waals surface area contributed by atoms with Gasteiger partial charge in [0.2, 0.25) is 0 Å². The van der Waals surface area contributed by atoms with Crippen LogP contribution in [0, 0.1) is 0 Å². The van der Waals surface area contributed by atoms with Crippen molar-refractivity contribution in [3.63, 3.8) is 0 Å². The molecule has 6 rings (SSSR count). The molecule has 0 saturated heterocycles. The number of benzene rings is 4. The van der Waals surface area contributed by atoms with Crippen LogP contribution >= 0.6 is 0 Å². The van der Waals surface area contributed by atoms with E-state index in [0.29, 0.717) is 23.7 Å². The Morgan fingerprint density at radius 1 is 0.535 bits per heavy atom. The number of nitrogens with zero attached hydrogens (tertiary/aromatic N) is 1. The van der Waals surface area contributed by atoms with Crippen LogP contribution in [0.25, 0.3) is 55.4 Å². The fourth-order valence-electron chi connectivity index (χ4n) is 6.36. The van der Waals surface area contributed by atoms with Gasteiger partial charge in [0.05, 0.1) is 0 Å². The molecule has 0 aliphatic carbocycles. The number of fused-ring (bicyclic) bond motifs is 2. The van der Waals surface area contributed by atoms with Crippen LogP contribution in [0.5, 0.6) is 0 Å². The minimum atomic E-state index is 0.406. The van der Waals surface area contributed by atoms with E-state index in [0.717, 1.165) is 33.6 Å². The van der Waals surface area contributed by atoms with E-state index in [-0.39, 0.29) is 0 Å². The predicted octanol–water partition coefficient (Wildman–Crippen LogP) is 12.5. The van der Waals surface area contributed by atoms with Crippen LogP contribution in [0.4, 0.5) is 0 Å². The van der Waals surface area contributed by atoms with Gasteiger partial charge < -0.3 is 4.42 Å². The molecule has 43 heavy (non-hydrogen) atoms. The van der Waals surface area contributed by atoms with Gasteiger partial charge in [-0.05, 0) is 92.1 Å². The molecular weight excluding hydrogens is 522 g/mol. The number of pyridine rings is 1. The summed E-state index contributed by atoms with van der Waals surface area (Å²) in [4.78, 5) is 4.82. The third kappa shape index (κ3) is 5.40. The summed E-state index contributed by atoms with van der Waals surface area (Å²) in [5, 5.41) is 3.60. The maximum absolute atomic E-state index is 6.60. The first-order chi connectivity index (χ1) is 20.6. The molecule has 0 radical (unpaired) electrons. The zero-order valence-electron chi connectivity index (χ0n) is 26.8. The van der Waals surface area contributed by atoms with Crippen molar-refractivity contribution in [1.29, 1.82) is 0 Å². The Hall–Kier alpha value is -4.17. The molecule has 0 saturated carbocycles. The summed E-state index contributed by atoms with van der Waals surface area (Å²) < 4.78 is 6.60. The summed E-state index contributed by atoms with van der Waals surface area (Å²) in [5.74, 6) is 2.66. The normalized spacial score (nSPS) is 12.1. The Labute approximate surface area is 256 Å². The molecule has 0 bridgehead atoms. The molecule has 218 valence electrons. The highest BCUT2D eigenvalue weighted by Gasteiger charge is 2.20. The molecule has 0 amide bonds. The average molecular weight is 566 g/mol. The van der Waals surface area contributed by atoms with Crippen molar-refractivity contribution in [3.05, 3.63) is 113 Å². The van der Waals surface area contributed by atoms with Crippen LogP contribution in [0.15, 0.2) is 95.5 Å². The van der Waals surface area contributed by atoms with Gasteiger partial charge in [0.15, 0.2) is 5.58 Å². The summed E-state index contributed by atoms with van der Waals surface area (Å²) in [7, 11) is 0. The molecule has 0 atom stereocenters. The molecular formula is C41H43NO. The zero-order valence-corrected chi connectivity index (χ0v) is 26.8. The van der Waals surface area contributed by atoms with Gasteiger partial charge in [0.1, 0.15) is 11.5 Å². The lowest BCUT2D eigenvalue weighted by Crippen LogP contribution is -2.03. The minimum absolute atomic E-state index is 0.406. The summed E-state index contributed by atoms with van der Waals surface area (Å²) in [5.41, 5.74) is 12.2. The maximum atomic E-state index is 6.60. The Morgan fingerprint density at radius 2 is 1.16 bits per heavy atom. The minimum Gasteiger partial charge on any atom is -0.454 e. The van der Waals surface area contributed by atoms with Crippen molar-refractivity contribution in [1.82, 2.24) is 4.98 Å². The summed E-state index contributed by atoms with van der Waals surface area (Å²) >= 11 is 0. The monoisotopic (exact) mass is 565 g/mol. The molecule has 2 heterocycles. The van der Waals surface area contributed by atoms with Gasteiger partial charge in [-0.25, -0.2) is 0 Å². The van der Waals surface area contributed by atoms with Gasteiger partial charge in [-0.15, -0.1) is 0 Å². The highest BCUT2D eigenvalue weighted by Crippen LogP contribution is 2.41. The van der Waals surface area contributed by atoms with Crippen LogP contribution in [0.1, 0.15) is 101 Å². The highest BCUT2D eigenvalue weighted by atomic mass is 16.3. The van der Waals surface area contributed by atoms with Crippen LogP contribution in [0.3, 0.4) is 0 Å². The zero-order chi connectivity index (χ0) is 30.4. The van der Waals surface area contributed by atoms with Gasteiger partial charge in [0, 0.05) is 22.7 Å². The molecule has 6 aromatic rings. The lowest BCUT2D eigenvalue weighted by Gasteiger charge is -2.23. The Morgan fingerprint density at radius 3 is 1.79 bits per heavy atom. The molecule has 0 aliphatic rings. The first kappa shape index (κ1) is 28.9. The van der Waals surface area contributed by atoms with E-state index in [1.807, 2.05) is 12.3 Å². The molecule has 4 aromatic carbocycles. The van der Waals surface area contributed by atoms with Crippen molar-refractivity contribution < 1.29 is 4.42 Å². The number of rotatable bonds is 7. The van der Waals surface area contributed by atoms with Gasteiger partial charge in [-0.3, -0.25) is 4.98 Å². The van der Waals surface area contributed by atoms with Gasteiger partial charge in [-0.2, -0.15) is 0 Å². The van der Waals surface area contributed by atoms with Gasteiger partial charge in [-0.1, -0.05) is 116 Å². The number of hydrogen-bond donors (Lipinski definition) is 0. The molecule has 0 fully saturated rings. The molecule has 2 nitrogen and oxygen atoms in total. The Kier molecular flexibility index (Phi) is 7.73. The Balaban J connectivity index is 1.43. The summed E-state index contributed by atoms with van der Waals surface area (Å²) in [6, 6.07) is 31.1.